The molecule has 536 valence electrons. The number of carbonyl (C=O) groups excluding carboxylic acids is 4. The third kappa shape index (κ3) is 23.2. The molecule has 4 aromatic carbocycles. The van der Waals surface area contributed by atoms with Crippen LogP contribution in [0.2, 0.25) is 39.3 Å². The minimum atomic E-state index is -3.83. The molecule has 0 bridgehead atoms. The van der Waals surface area contributed by atoms with E-state index in [1.165, 1.54) is 19.1 Å². The number of anilines is 3. The van der Waals surface area contributed by atoms with Crippen molar-refractivity contribution in [1.82, 2.24) is 35.2 Å². The summed E-state index contributed by atoms with van der Waals surface area (Å²) in [4.78, 5) is 91.5. The molecule has 3 aliphatic rings. The number of carbonyl (C=O) groups is 4. The first-order valence-electron chi connectivity index (χ1n) is 29.5. The van der Waals surface area contributed by atoms with Gasteiger partial charge in [0.05, 0.1) is 6.61 Å². The van der Waals surface area contributed by atoms with Gasteiger partial charge in [0.2, 0.25) is 14.5 Å². The van der Waals surface area contributed by atoms with E-state index in [9.17, 15) is 51.4 Å². The van der Waals surface area contributed by atoms with Crippen LogP contribution in [-0.2, 0) is 33.2 Å². The third-order valence-corrected chi connectivity index (χ3v) is 22.7. The van der Waals surface area contributed by atoms with Gasteiger partial charge in [-0.05, 0) is 31.8 Å². The Morgan fingerprint density at radius 3 is 1.40 bits per heavy atom. The van der Waals surface area contributed by atoms with E-state index in [1.807, 2.05) is 12.1 Å². The number of aliphatic hydroxyl groups is 2. The van der Waals surface area contributed by atoms with Crippen molar-refractivity contribution in [1.29, 1.82) is 0 Å². The number of nitrogens with one attached hydrogen (secondary N) is 1. The predicted molar refractivity (Wildman–Crippen MR) is 361 cm³/mol. The normalized spacial score (nSPS) is 21.5. The molecule has 0 aliphatic carbocycles. The van der Waals surface area contributed by atoms with Crippen LogP contribution in [0.3, 0.4) is 0 Å². The van der Waals surface area contributed by atoms with Crippen molar-refractivity contribution in [2.24, 2.45) is 0 Å². The van der Waals surface area contributed by atoms with Crippen LogP contribution in [0.4, 0.5) is 53.4 Å². The number of rotatable bonds is 19. The number of hydrogen-bond acceptors (Lipinski definition) is 24. The molecule has 7 aromatic rings. The number of hydrogen-bond donors (Lipinski definition) is 6. The number of esters is 2. The zero-order valence-corrected chi connectivity index (χ0v) is 63.5. The Morgan fingerprint density at radius 1 is 0.596 bits per heavy atom. The maximum absolute atomic E-state index is 15.5. The second-order valence-electron chi connectivity index (χ2n) is 23.5. The maximum atomic E-state index is 15.5. The summed E-state index contributed by atoms with van der Waals surface area (Å²) in [6, 6.07) is 38.5. The molecule has 3 aromatic heterocycles. The number of benzene rings is 4. The zero-order chi connectivity index (χ0) is 71.0. The summed E-state index contributed by atoms with van der Waals surface area (Å²) < 4.78 is 131. The summed E-state index contributed by atoms with van der Waals surface area (Å²) in [6.45, 7) is 12.4. The molecule has 0 spiro atoms. The van der Waals surface area contributed by atoms with Gasteiger partial charge in [0, 0.05) is 12.4 Å². The molecule has 26 nitrogen and oxygen atoms in total. The summed E-state index contributed by atoms with van der Waals surface area (Å²) in [5.74, 6) is -11.7. The van der Waals surface area contributed by atoms with Gasteiger partial charge in [0.1, 0.15) is 26.0 Å². The first-order valence-corrected chi connectivity index (χ1v) is 44.2. The van der Waals surface area contributed by atoms with E-state index in [0.29, 0.717) is 20.7 Å². The van der Waals surface area contributed by atoms with Gasteiger partial charge >= 0.3 is 400 Å². The molecule has 99 heavy (non-hydrogen) atoms. The van der Waals surface area contributed by atoms with Crippen molar-refractivity contribution in [3.8, 4) is 6.01 Å². The number of nitrogen functional groups attached to an aromatic ring is 2. The van der Waals surface area contributed by atoms with E-state index >= 15 is 8.78 Å². The number of alkyl halides is 6. The van der Waals surface area contributed by atoms with Gasteiger partial charge in [0.15, 0.2) is 6.10 Å². The topological polar surface area (TPSA) is 377 Å². The number of aliphatic hydroxyl groups excluding tert-OH is 2. The monoisotopic (exact) mass is 1820 g/mol. The third-order valence-electron chi connectivity index (χ3n) is 13.6. The minimum absolute atomic E-state index is 0. The Labute approximate surface area is 590 Å². The molecular weight excluding hydrogens is 1740 g/mol. The van der Waals surface area contributed by atoms with Gasteiger partial charge in [0.25, 0.3) is 0 Å². The summed E-state index contributed by atoms with van der Waals surface area (Å²) >= 11 is -4.39. The molecule has 0 unspecified atom stereocenters. The fraction of sp³-hybridized carbons (Fsp3) is 0.365. The molecule has 0 amide bonds. The Kier molecular flexibility index (Phi) is 29.9. The van der Waals surface area contributed by atoms with Crippen molar-refractivity contribution in [3.63, 3.8) is 0 Å². The number of ether oxygens (including phenoxy) is 7. The molecule has 3 fully saturated rings. The van der Waals surface area contributed by atoms with E-state index < -0.39 is 186 Å². The van der Waals surface area contributed by atoms with Gasteiger partial charge in [-0.15, -0.1) is 0 Å². The molecule has 6 heterocycles. The first kappa shape index (κ1) is 82.0. The Bertz CT molecular complexity index is 3870. The second-order valence-corrected chi connectivity index (χ2v) is 42.3. The summed E-state index contributed by atoms with van der Waals surface area (Å²) in [6.07, 6.45) is -12.2. The molecule has 0 saturated carbocycles. The fourth-order valence-electron chi connectivity index (χ4n) is 9.08. The number of nitrogens with zero attached hydrogens (tertiary/aromatic N) is 6. The van der Waals surface area contributed by atoms with Crippen LogP contribution in [0.25, 0.3) is 0 Å². The molecule has 10 rings (SSSR count). The van der Waals surface area contributed by atoms with Gasteiger partial charge in [-0.2, -0.15) is 18.7 Å². The van der Waals surface area contributed by atoms with E-state index in [4.69, 9.17) is 54.2 Å². The van der Waals surface area contributed by atoms with E-state index in [1.54, 1.807) is 109 Å². The van der Waals surface area contributed by atoms with Crippen LogP contribution in [0.1, 0.15) is 47.5 Å². The summed E-state index contributed by atoms with van der Waals surface area (Å²) in [7, 11) is -2.99. The summed E-state index contributed by atoms with van der Waals surface area (Å²) in [5, 5.41) is 18.1. The zero-order valence-electron chi connectivity index (χ0n) is 53.8. The van der Waals surface area contributed by atoms with Gasteiger partial charge in [-0.1, -0.05) is 27.1 Å². The molecule has 9 atom stereocenters. The second kappa shape index (κ2) is 36.1. The molecule has 3 aliphatic heterocycles. The number of nitrogens with two attached hydrogens (primary N) is 2. The Morgan fingerprint density at radius 2 is 1.00 bits per heavy atom. The van der Waals surface area contributed by atoms with Crippen LogP contribution >= 0.6 is 0 Å². The molecular formula is C63H78Bi2F6N10O16Si2. The Balaban J connectivity index is 0.000000248. The van der Waals surface area contributed by atoms with Crippen molar-refractivity contribution in [3.05, 3.63) is 190 Å². The van der Waals surface area contributed by atoms with E-state index in [0.717, 1.165) is 36.9 Å². The van der Waals surface area contributed by atoms with Crippen molar-refractivity contribution < 1.29 is 93.3 Å². The van der Waals surface area contributed by atoms with Crippen molar-refractivity contribution in [2.45, 2.75) is 127 Å². The average molecular weight is 1820 g/mol. The van der Waals surface area contributed by atoms with Crippen LogP contribution < -0.4 is 44.9 Å². The number of aromatic nitrogens is 6. The standard InChI is InChI=1S/C17H14F2N3O6.C14H13F2O5.C10H21N3OSi2.C9H11F2N3O4.2C6H5.CH4.2Bi.H3N.2H/c18-17(19)13(27-9-23)11(8-26-14(24)10-4-2-1-3-5-10)28-15(17)22-7-6-12(20)21-16(22)25;1-9-14(15,16)12(20-8-17)11(21-9)7-19-13(18)10-5-3-2-4-6-10;1-15(2,3)13-9-7-8-11-10(12-9)14-16(4,5)6;10-9(11)6(16)4(3-15)18-7(9)14-2-1-5(12)13-8(14)17;2*1-2-4-6-5-3-1;;;;;;/h1-7,11,13,15H,8H2,(H2,20,21,25);2-6,9,11-12H,7H2,1H3;7-8H,1-6H3,(H,11,12,13);1-2,4,6-7,15-16H,3H2,(H2,12,13,17);2*1-5H;1H4;;;1H3;;/t11-,13+,15-;9-,11-,12+;;4-,6+,7-;;;;;;;;/m11.1......../s1. The molecule has 0 radical (unpaired) electrons. The number of halogens is 6. The SMILES string of the molecule is C.C[C@H]1O[C@H](COC(=O)c2ccccc2)[C@H](O[C](=O)[BiH][c]2ccccc2)C1(F)F.C[Si](C)(C)Nc1ccnc(O[Si](C)(C)C)n1.N.Nc1ccn([C@@H]2O[C@H](CO)[C@H](O)C2(F)F)c(=O)n1.Nc1ccn([C@@H]2O[C@H](COC(=O)c3ccccc3)[C@H](O[C](=O)[BiH][c]3ccccc3)C2(F)F)c(=O)n1. The van der Waals surface area contributed by atoms with Gasteiger partial charge in [-0.3, -0.25) is 4.57 Å². The Hall–Kier alpha value is -7.66. The van der Waals surface area contributed by atoms with E-state index in [2.05, 4.69) is 64.2 Å². The fourth-order valence-corrected chi connectivity index (χ4v) is 16.7. The van der Waals surface area contributed by atoms with Crippen LogP contribution in [0, 0.1) is 0 Å². The summed E-state index contributed by atoms with van der Waals surface area (Å²) in [5.41, 5.74) is 9.10. The van der Waals surface area contributed by atoms with Crippen molar-refractivity contribution >= 4 is 106 Å². The molecule has 10 N–H and O–H groups in total. The first-order chi connectivity index (χ1) is 45.7. The predicted octanol–water partition coefficient (Wildman–Crippen LogP) is 6.46. The van der Waals surface area contributed by atoms with Gasteiger partial charge in [-0.25, -0.2) is 9.78 Å². The van der Waals surface area contributed by atoms with E-state index in [-0.39, 0.29) is 30.8 Å². The van der Waals surface area contributed by atoms with Gasteiger partial charge < -0.3 is 36.2 Å². The van der Waals surface area contributed by atoms with Crippen LogP contribution in [-0.4, -0.2) is 202 Å². The van der Waals surface area contributed by atoms with Crippen LogP contribution in [0.5, 0.6) is 6.01 Å². The molecule has 3 saturated heterocycles. The quantitative estimate of drug-likeness (QED) is 0.0219. The average Bonchev–Trinajstić information content (AvgIpc) is 1.63. The van der Waals surface area contributed by atoms with Crippen molar-refractivity contribution in [2.75, 3.05) is 36.3 Å². The van der Waals surface area contributed by atoms with Crippen LogP contribution in [0.15, 0.2) is 168 Å². The molecule has 36 heteroatoms.